The van der Waals surface area contributed by atoms with Crippen LogP contribution < -0.4 is 21.7 Å². The molecule has 2 saturated carbocycles. The first-order chi connectivity index (χ1) is 22.2. The number of urea groups is 1. The van der Waals surface area contributed by atoms with Crippen molar-refractivity contribution in [3.8, 4) is 0 Å². The molecule has 1 saturated heterocycles. The molecule has 5 amide bonds. The number of carbonyl (C=O) groups is 5. The predicted octanol–water partition coefficient (Wildman–Crippen LogP) is 2.55. The molecule has 12 nitrogen and oxygen atoms in total. The monoisotopic (exact) mass is 687 g/mol. The first kappa shape index (κ1) is 37.3. The number of nitrogens with one attached hydrogen (secondary N) is 3. The molecule has 5 N–H and O–H groups in total. The Labute approximate surface area is 284 Å². The Morgan fingerprint density at radius 2 is 1.62 bits per heavy atom. The van der Waals surface area contributed by atoms with Crippen LogP contribution in [0.3, 0.4) is 0 Å². The van der Waals surface area contributed by atoms with Crippen LogP contribution in [0.4, 0.5) is 4.79 Å². The predicted molar refractivity (Wildman–Crippen MR) is 182 cm³/mol. The molecule has 3 fully saturated rings. The number of nitrogens with zero attached hydrogens (tertiary/aromatic N) is 1. The number of amides is 5. The van der Waals surface area contributed by atoms with Gasteiger partial charge in [-0.3, -0.25) is 19.2 Å². The van der Waals surface area contributed by atoms with E-state index in [2.05, 4.69) is 16.0 Å². The van der Waals surface area contributed by atoms with Crippen LogP contribution in [0.15, 0.2) is 30.3 Å². The van der Waals surface area contributed by atoms with E-state index in [1.165, 1.54) is 4.90 Å². The molecule has 0 bridgehead atoms. The molecule has 1 heterocycles. The number of hydrogen-bond acceptors (Lipinski definition) is 7. The summed E-state index contributed by atoms with van der Waals surface area (Å²) < 4.78 is 26.1. The summed E-state index contributed by atoms with van der Waals surface area (Å²) in [4.78, 5) is 67.7. The molecular formula is C35H53N5O7S. The van der Waals surface area contributed by atoms with Gasteiger partial charge in [0.2, 0.25) is 17.6 Å². The Hall–Kier alpha value is -3.48. The van der Waals surface area contributed by atoms with Gasteiger partial charge in [-0.25, -0.2) is 13.2 Å². The molecule has 2 unspecified atom stereocenters. The van der Waals surface area contributed by atoms with E-state index in [0.29, 0.717) is 18.5 Å². The summed E-state index contributed by atoms with van der Waals surface area (Å²) in [6.07, 6.45) is 3.15. The lowest BCUT2D eigenvalue weighted by atomic mass is 9.80. The van der Waals surface area contributed by atoms with Crippen molar-refractivity contribution in [2.45, 2.75) is 104 Å². The van der Waals surface area contributed by atoms with Crippen molar-refractivity contribution < 1.29 is 32.4 Å². The number of piperidine rings is 1. The van der Waals surface area contributed by atoms with E-state index in [1.54, 1.807) is 45.0 Å². The molecule has 13 heteroatoms. The molecule has 4 rings (SSSR count). The zero-order valence-electron chi connectivity index (χ0n) is 29.2. The van der Waals surface area contributed by atoms with Crippen LogP contribution >= 0.6 is 0 Å². The molecule has 0 radical (unpaired) electrons. The average molecular weight is 688 g/mol. The Balaban J connectivity index is 1.50. The summed E-state index contributed by atoms with van der Waals surface area (Å²) in [6, 6.07) is 4.41. The Morgan fingerprint density at radius 3 is 2.15 bits per heavy atom. The van der Waals surface area contributed by atoms with Crippen molar-refractivity contribution >= 4 is 39.4 Å². The maximum atomic E-state index is 14.3. The Kier molecular flexibility index (Phi) is 11.0. The van der Waals surface area contributed by atoms with E-state index >= 15 is 0 Å². The van der Waals surface area contributed by atoms with Crippen molar-refractivity contribution in [2.75, 3.05) is 12.3 Å². The lowest BCUT2D eigenvalue weighted by Gasteiger charge is -2.38. The molecule has 1 aromatic carbocycles. The zero-order valence-corrected chi connectivity index (χ0v) is 30.1. The molecule has 48 heavy (non-hydrogen) atoms. The molecule has 1 aromatic rings. The number of hydrogen-bond donors (Lipinski definition) is 4. The molecular weight excluding hydrogens is 634 g/mol. The highest BCUT2D eigenvalue weighted by atomic mass is 32.2. The van der Waals surface area contributed by atoms with Crippen LogP contribution in [0.5, 0.6) is 0 Å². The Bertz CT molecular complexity index is 1500. The minimum atomic E-state index is -3.58. The third-order valence-corrected chi connectivity index (χ3v) is 12.2. The summed E-state index contributed by atoms with van der Waals surface area (Å²) in [7, 11) is -3.58. The van der Waals surface area contributed by atoms with Crippen LogP contribution in [0.1, 0.15) is 79.7 Å². The smallest absolute Gasteiger partial charge is 0.315 e. The molecule has 6 atom stereocenters. The van der Waals surface area contributed by atoms with Crippen LogP contribution in [0.2, 0.25) is 0 Å². The van der Waals surface area contributed by atoms with Crippen molar-refractivity contribution in [1.82, 2.24) is 20.9 Å². The standard InChI is InChI=1S/C35H53N5O7S/c1-20(2)25(19-48(46,47)18-22-12-9-8-10-13-22)38-33(45)39-29(34(3,4)5)32(44)40-17-23-26(35(23,6)7)27(40)31(43)37-24(28(41)30(36)42)16-21-14-11-15-21/h8-10,12-13,20-21,23-27,29H,11,14-19H2,1-7H3,(H2,36,42)(H,37,43)(H2,38,39,45)/t23-,24?,25+,26?,27-,29+/m0/s1. The number of Topliss-reactive ketones (excluding diaryl/α,β-unsaturated/α-hetero) is 1. The van der Waals surface area contributed by atoms with E-state index in [9.17, 15) is 32.4 Å². The largest absolute Gasteiger partial charge is 0.363 e. The molecule has 0 aromatic heterocycles. The number of carbonyl (C=O) groups excluding carboxylic acids is 5. The van der Waals surface area contributed by atoms with Gasteiger partial charge < -0.3 is 26.6 Å². The number of primary amides is 1. The van der Waals surface area contributed by atoms with E-state index in [-0.39, 0.29) is 40.6 Å². The van der Waals surface area contributed by atoms with Gasteiger partial charge in [-0.15, -0.1) is 0 Å². The normalized spacial score (nSPS) is 23.7. The molecule has 0 spiro atoms. The van der Waals surface area contributed by atoms with Crippen LogP contribution in [-0.2, 0) is 34.8 Å². The molecule has 266 valence electrons. The number of sulfone groups is 1. The first-order valence-corrected chi connectivity index (χ1v) is 18.8. The zero-order chi connectivity index (χ0) is 35.8. The second-order valence-corrected chi connectivity index (χ2v) is 18.1. The van der Waals surface area contributed by atoms with Crippen molar-refractivity contribution in [1.29, 1.82) is 0 Å². The van der Waals surface area contributed by atoms with E-state index in [4.69, 9.17) is 5.73 Å². The van der Waals surface area contributed by atoms with Gasteiger partial charge >= 0.3 is 6.03 Å². The lowest BCUT2D eigenvalue weighted by Crippen LogP contribution is -2.62. The summed E-state index contributed by atoms with van der Waals surface area (Å²) in [6.45, 7) is 13.4. The number of ketones is 1. The fraction of sp³-hybridized carbons (Fsp3) is 0.686. The molecule has 2 aliphatic carbocycles. The van der Waals surface area contributed by atoms with Gasteiger partial charge in [-0.1, -0.05) is 98.1 Å². The topological polar surface area (TPSA) is 185 Å². The van der Waals surface area contributed by atoms with Gasteiger partial charge in [0.25, 0.3) is 5.91 Å². The van der Waals surface area contributed by atoms with Crippen LogP contribution in [-0.4, -0.2) is 79.3 Å². The minimum absolute atomic E-state index is 0.0451. The van der Waals surface area contributed by atoms with Gasteiger partial charge in [-0.05, 0) is 46.5 Å². The molecule has 1 aliphatic heterocycles. The third-order valence-electron chi connectivity index (χ3n) is 10.6. The van der Waals surface area contributed by atoms with Crippen molar-refractivity contribution in [3.05, 3.63) is 35.9 Å². The summed E-state index contributed by atoms with van der Waals surface area (Å²) in [5, 5.41) is 8.36. The number of nitrogens with two attached hydrogens (primary N) is 1. The van der Waals surface area contributed by atoms with E-state index in [1.807, 2.05) is 33.8 Å². The van der Waals surface area contributed by atoms with Gasteiger partial charge in [0, 0.05) is 12.6 Å². The van der Waals surface area contributed by atoms with E-state index < -0.39 is 69.0 Å². The fourth-order valence-electron chi connectivity index (χ4n) is 7.25. The highest BCUT2D eigenvalue weighted by Crippen LogP contribution is 2.65. The Morgan fingerprint density at radius 1 is 1.00 bits per heavy atom. The fourth-order valence-corrected chi connectivity index (χ4v) is 9.09. The summed E-state index contributed by atoms with van der Waals surface area (Å²) >= 11 is 0. The summed E-state index contributed by atoms with van der Waals surface area (Å²) in [5.74, 6) is -3.49. The maximum Gasteiger partial charge on any atom is 0.315 e. The van der Waals surface area contributed by atoms with Gasteiger partial charge in [-0.2, -0.15) is 0 Å². The van der Waals surface area contributed by atoms with Gasteiger partial charge in [0.05, 0.1) is 17.5 Å². The highest BCUT2D eigenvalue weighted by Gasteiger charge is 2.70. The molecule has 3 aliphatic rings. The first-order valence-electron chi connectivity index (χ1n) is 17.0. The number of fused-ring (bicyclic) bond motifs is 1. The summed E-state index contributed by atoms with van der Waals surface area (Å²) in [5.41, 5.74) is 4.99. The van der Waals surface area contributed by atoms with Gasteiger partial charge in [0.1, 0.15) is 12.1 Å². The van der Waals surface area contributed by atoms with Crippen molar-refractivity contribution in [2.24, 2.45) is 40.2 Å². The van der Waals surface area contributed by atoms with E-state index in [0.717, 1.165) is 19.3 Å². The highest BCUT2D eigenvalue weighted by molar-refractivity contribution is 7.90. The minimum Gasteiger partial charge on any atom is -0.363 e. The third kappa shape index (κ3) is 8.56. The van der Waals surface area contributed by atoms with Crippen molar-refractivity contribution in [3.63, 3.8) is 0 Å². The SMILES string of the molecule is CC(C)[C@@H](CS(=O)(=O)Cc1ccccc1)NC(=O)N[C@H](C(=O)N1C[C@H]2C([C@H]1C(=O)NC(CC1CCC1)C(=O)C(N)=O)C2(C)C)C(C)(C)C. The number of likely N-dealkylation sites (tertiary alicyclic amines) is 1. The van der Waals surface area contributed by atoms with Crippen LogP contribution in [0, 0.1) is 34.5 Å². The van der Waals surface area contributed by atoms with Crippen LogP contribution in [0.25, 0.3) is 0 Å². The maximum absolute atomic E-state index is 14.3. The van der Waals surface area contributed by atoms with Gasteiger partial charge in [0.15, 0.2) is 9.84 Å². The lowest BCUT2D eigenvalue weighted by molar-refractivity contribution is -0.145. The average Bonchev–Trinajstić information content (AvgIpc) is 3.27. The number of rotatable bonds is 14. The number of benzene rings is 1. The quantitative estimate of drug-likeness (QED) is 0.217. The second kappa shape index (κ2) is 14.2. The second-order valence-electron chi connectivity index (χ2n) is 16.0.